The lowest BCUT2D eigenvalue weighted by atomic mass is 9.57. The molecule has 28 heavy (non-hydrogen) atoms. The van der Waals surface area contributed by atoms with E-state index in [4.69, 9.17) is 29.1 Å². The molecule has 8 heteroatoms. The number of carboxylic acids is 1. The SMILES string of the molecule is C[C@H]1[C@H](OC(=O)CCC(=O)O)O[C@@H]2O[C@@H](C)[C@@H]3CC[C@H]4[C@H](C)CC[C@@H]1[C@@]24OO3. The minimum atomic E-state index is -1.03. The van der Waals surface area contributed by atoms with Gasteiger partial charge in [-0.25, -0.2) is 9.78 Å². The fourth-order valence-corrected chi connectivity index (χ4v) is 5.63. The van der Waals surface area contributed by atoms with Crippen molar-refractivity contribution >= 4 is 11.9 Å². The summed E-state index contributed by atoms with van der Waals surface area (Å²) in [7, 11) is 0. The van der Waals surface area contributed by atoms with Crippen LogP contribution in [0.1, 0.15) is 59.3 Å². The summed E-state index contributed by atoms with van der Waals surface area (Å²) in [6.07, 6.45) is 1.61. The third-order valence-electron chi connectivity index (χ3n) is 7.20. The molecule has 4 rings (SSSR count). The third-order valence-corrected chi connectivity index (χ3v) is 7.20. The predicted molar refractivity (Wildman–Crippen MR) is 94.6 cm³/mol. The molecule has 1 N–H and O–H groups in total. The highest BCUT2D eigenvalue weighted by atomic mass is 17.2. The minimum Gasteiger partial charge on any atom is -0.481 e. The second kappa shape index (κ2) is 7.55. The first kappa shape index (κ1) is 20.1. The summed E-state index contributed by atoms with van der Waals surface area (Å²) in [5.41, 5.74) is -0.708. The van der Waals surface area contributed by atoms with E-state index in [2.05, 4.69) is 6.92 Å². The van der Waals surface area contributed by atoms with Crippen LogP contribution in [0, 0.1) is 23.7 Å². The minimum absolute atomic E-state index is 0.0637. The number of hydrogen-bond acceptors (Lipinski definition) is 7. The largest absolute Gasteiger partial charge is 0.481 e. The average molecular weight is 398 g/mol. The molecule has 0 aromatic rings. The van der Waals surface area contributed by atoms with Gasteiger partial charge in [0.05, 0.1) is 18.9 Å². The number of hydrogen-bond donors (Lipinski definition) is 1. The van der Waals surface area contributed by atoms with E-state index in [0.717, 1.165) is 25.7 Å². The van der Waals surface area contributed by atoms with E-state index in [-0.39, 0.29) is 42.8 Å². The number of ether oxygens (including phenoxy) is 3. The molecular weight excluding hydrogens is 368 g/mol. The number of carboxylic acid groups (broad SMARTS) is 1. The van der Waals surface area contributed by atoms with Crippen molar-refractivity contribution in [2.24, 2.45) is 23.7 Å². The molecule has 8 nitrogen and oxygen atoms in total. The van der Waals surface area contributed by atoms with E-state index in [0.29, 0.717) is 5.92 Å². The highest BCUT2D eigenvalue weighted by Crippen LogP contribution is 2.58. The molecule has 0 amide bonds. The topological polar surface area (TPSA) is 101 Å². The van der Waals surface area contributed by atoms with Crippen molar-refractivity contribution in [3.05, 3.63) is 0 Å². The summed E-state index contributed by atoms with van der Waals surface area (Å²) >= 11 is 0. The van der Waals surface area contributed by atoms with Crippen molar-refractivity contribution in [2.45, 2.75) is 89.7 Å². The number of aliphatic carboxylic acids is 1. The van der Waals surface area contributed by atoms with Crippen LogP contribution in [0.3, 0.4) is 0 Å². The summed E-state index contributed by atoms with van der Waals surface area (Å²) in [6.45, 7) is 6.19. The predicted octanol–water partition coefficient (Wildman–Crippen LogP) is 2.64. The van der Waals surface area contributed by atoms with Gasteiger partial charge in [0, 0.05) is 11.8 Å². The van der Waals surface area contributed by atoms with Gasteiger partial charge < -0.3 is 19.3 Å². The average Bonchev–Trinajstić information content (AvgIpc) is 2.92. The highest BCUT2D eigenvalue weighted by molar-refractivity contribution is 5.76. The Balaban J connectivity index is 1.60. The lowest BCUT2D eigenvalue weighted by molar-refractivity contribution is -0.453. The summed E-state index contributed by atoms with van der Waals surface area (Å²) < 4.78 is 18.0. The summed E-state index contributed by atoms with van der Waals surface area (Å²) in [5, 5.41) is 8.78. The Bertz CT molecular complexity index is 623. The first-order valence-electron chi connectivity index (χ1n) is 10.4. The second-order valence-corrected chi connectivity index (χ2v) is 8.84. The van der Waals surface area contributed by atoms with E-state index in [1.54, 1.807) is 0 Å². The fraction of sp³-hybridized carbons (Fsp3) is 0.900. The summed E-state index contributed by atoms with van der Waals surface area (Å²) in [5.74, 6) is -0.942. The third kappa shape index (κ3) is 3.24. The molecule has 0 aromatic heterocycles. The van der Waals surface area contributed by atoms with Gasteiger partial charge in [-0.2, -0.15) is 0 Å². The standard InChI is InChI=1S/C20H30O8/c1-10-4-5-14-11(2)18(25-17(23)9-8-16(21)22)26-19-20(14)13(10)6-7-15(27-28-20)12(3)24-19/h10-15,18-19H,4-9H2,1-3H3,(H,21,22)/t10-,11-,12+,13+,14+,15+,18-,19+,20-/m1/s1. The van der Waals surface area contributed by atoms with Gasteiger partial charge in [-0.1, -0.05) is 13.8 Å². The van der Waals surface area contributed by atoms with E-state index < -0.39 is 30.1 Å². The lowest BCUT2D eigenvalue weighted by Gasteiger charge is -2.58. The number of rotatable bonds is 4. The van der Waals surface area contributed by atoms with Crippen LogP contribution in [0.15, 0.2) is 0 Å². The molecule has 0 unspecified atom stereocenters. The molecule has 4 aliphatic rings. The Morgan fingerprint density at radius 3 is 2.54 bits per heavy atom. The summed E-state index contributed by atoms with van der Waals surface area (Å²) in [4.78, 5) is 34.8. The number of esters is 1. The zero-order valence-electron chi connectivity index (χ0n) is 16.7. The fourth-order valence-electron chi connectivity index (χ4n) is 5.63. The zero-order valence-corrected chi connectivity index (χ0v) is 16.7. The first-order valence-corrected chi connectivity index (χ1v) is 10.4. The second-order valence-electron chi connectivity index (χ2n) is 8.84. The van der Waals surface area contributed by atoms with Crippen molar-refractivity contribution in [3.63, 3.8) is 0 Å². The maximum absolute atomic E-state index is 12.1. The van der Waals surface area contributed by atoms with Gasteiger partial charge in [-0.05, 0) is 44.4 Å². The van der Waals surface area contributed by atoms with Crippen molar-refractivity contribution in [3.8, 4) is 0 Å². The quantitative estimate of drug-likeness (QED) is 0.570. The molecule has 0 radical (unpaired) electrons. The normalized spacial score (nSPS) is 47.5. The smallest absolute Gasteiger partial charge is 0.308 e. The maximum atomic E-state index is 12.1. The molecule has 9 atom stereocenters. The Morgan fingerprint density at radius 2 is 1.79 bits per heavy atom. The molecule has 3 saturated heterocycles. The Morgan fingerprint density at radius 1 is 1.04 bits per heavy atom. The van der Waals surface area contributed by atoms with Crippen LogP contribution in [-0.4, -0.2) is 47.4 Å². The lowest BCUT2D eigenvalue weighted by Crippen LogP contribution is -2.68. The molecule has 3 heterocycles. The van der Waals surface area contributed by atoms with Gasteiger partial charge >= 0.3 is 11.9 Å². The number of carbonyl (C=O) groups excluding carboxylic acids is 1. The maximum Gasteiger partial charge on any atom is 0.308 e. The Hall–Kier alpha value is -1.22. The van der Waals surface area contributed by atoms with Crippen molar-refractivity contribution in [1.82, 2.24) is 0 Å². The van der Waals surface area contributed by atoms with Gasteiger partial charge in [-0.3, -0.25) is 9.59 Å². The van der Waals surface area contributed by atoms with E-state index in [9.17, 15) is 9.59 Å². The van der Waals surface area contributed by atoms with Gasteiger partial charge in [-0.15, -0.1) is 0 Å². The molecular formula is C20H30O8. The monoisotopic (exact) mass is 398 g/mol. The van der Waals surface area contributed by atoms with Crippen LogP contribution >= 0.6 is 0 Å². The van der Waals surface area contributed by atoms with E-state index in [1.165, 1.54) is 0 Å². The highest BCUT2D eigenvalue weighted by Gasteiger charge is 2.67. The van der Waals surface area contributed by atoms with Crippen LogP contribution in [-0.2, 0) is 33.6 Å². The van der Waals surface area contributed by atoms with E-state index >= 15 is 0 Å². The van der Waals surface area contributed by atoms with Crippen LogP contribution in [0.5, 0.6) is 0 Å². The number of carbonyl (C=O) groups is 2. The molecule has 158 valence electrons. The summed E-state index contributed by atoms with van der Waals surface area (Å²) in [6, 6.07) is 0. The van der Waals surface area contributed by atoms with Gasteiger partial charge in [0.2, 0.25) is 6.29 Å². The Labute approximate surface area is 164 Å². The molecule has 2 bridgehead atoms. The number of fused-ring (bicyclic) bond motifs is 2. The van der Waals surface area contributed by atoms with Crippen LogP contribution in [0.4, 0.5) is 0 Å². The van der Waals surface area contributed by atoms with Crippen LogP contribution < -0.4 is 0 Å². The molecule has 3 aliphatic heterocycles. The molecule has 1 saturated carbocycles. The van der Waals surface area contributed by atoms with Gasteiger partial charge in [0.15, 0.2) is 11.9 Å². The molecule has 1 spiro atoms. The molecule has 0 aromatic carbocycles. The van der Waals surface area contributed by atoms with Gasteiger partial charge in [0.25, 0.3) is 0 Å². The Kier molecular flexibility index (Phi) is 5.41. The van der Waals surface area contributed by atoms with Crippen molar-refractivity contribution < 1.29 is 38.7 Å². The van der Waals surface area contributed by atoms with Crippen molar-refractivity contribution in [1.29, 1.82) is 0 Å². The van der Waals surface area contributed by atoms with Crippen molar-refractivity contribution in [2.75, 3.05) is 0 Å². The van der Waals surface area contributed by atoms with E-state index in [1.807, 2.05) is 13.8 Å². The zero-order chi connectivity index (χ0) is 20.1. The van der Waals surface area contributed by atoms with Crippen LogP contribution in [0.25, 0.3) is 0 Å². The first-order chi connectivity index (χ1) is 13.3. The molecule has 4 fully saturated rings. The molecule has 1 aliphatic carbocycles. The van der Waals surface area contributed by atoms with Crippen LogP contribution in [0.2, 0.25) is 0 Å². The van der Waals surface area contributed by atoms with Gasteiger partial charge in [0.1, 0.15) is 6.10 Å².